The Balaban J connectivity index is 1.75. The number of aliphatic hydroxyl groups excluding tert-OH is 1. The van der Waals surface area contributed by atoms with Crippen molar-refractivity contribution in [1.82, 2.24) is 5.32 Å². The molecule has 16 heavy (non-hydrogen) atoms. The van der Waals surface area contributed by atoms with Crippen molar-refractivity contribution in [3.63, 3.8) is 0 Å². The Bertz CT molecular complexity index is 249. The molecule has 0 aromatic rings. The van der Waals surface area contributed by atoms with Crippen molar-refractivity contribution in [3.05, 3.63) is 0 Å². The van der Waals surface area contributed by atoms with Gasteiger partial charge in [-0.05, 0) is 31.6 Å². The molecule has 0 amide bonds. The molecule has 1 heterocycles. The third-order valence-corrected chi connectivity index (χ3v) is 3.64. The van der Waals surface area contributed by atoms with Crippen molar-refractivity contribution in [2.75, 3.05) is 6.54 Å². The molecular formula is C12H21NO3. The topological polar surface area (TPSA) is 58.6 Å². The Morgan fingerprint density at radius 3 is 2.56 bits per heavy atom. The lowest BCUT2D eigenvalue weighted by Crippen LogP contribution is -2.36. The number of aliphatic hydroxyl groups is 1. The van der Waals surface area contributed by atoms with Gasteiger partial charge in [0, 0.05) is 13.0 Å². The van der Waals surface area contributed by atoms with Gasteiger partial charge in [0.2, 0.25) is 0 Å². The fourth-order valence-electron chi connectivity index (χ4n) is 2.49. The first kappa shape index (κ1) is 11.9. The zero-order chi connectivity index (χ0) is 11.5. The molecule has 0 unspecified atom stereocenters. The van der Waals surface area contributed by atoms with Crippen LogP contribution in [0.2, 0.25) is 0 Å². The first-order valence-electron chi connectivity index (χ1n) is 6.27. The van der Waals surface area contributed by atoms with Crippen molar-refractivity contribution in [2.45, 2.75) is 57.3 Å². The number of ether oxygens (including phenoxy) is 1. The molecule has 0 bridgehead atoms. The van der Waals surface area contributed by atoms with Gasteiger partial charge >= 0.3 is 5.97 Å². The van der Waals surface area contributed by atoms with Crippen molar-refractivity contribution >= 4 is 5.97 Å². The average molecular weight is 227 g/mol. The van der Waals surface area contributed by atoms with Crippen LogP contribution in [0.4, 0.5) is 0 Å². The van der Waals surface area contributed by atoms with Crippen LogP contribution in [0.5, 0.6) is 0 Å². The first-order chi connectivity index (χ1) is 7.65. The average Bonchev–Trinajstić information content (AvgIpc) is 2.68. The fraction of sp³-hybridized carbons (Fsp3) is 0.917. The molecule has 4 nitrogen and oxygen atoms in total. The van der Waals surface area contributed by atoms with Crippen LogP contribution < -0.4 is 5.32 Å². The number of nitrogens with one attached hydrogen (secondary N) is 1. The number of esters is 1. The molecule has 2 aliphatic rings. The lowest BCUT2D eigenvalue weighted by Gasteiger charge is -2.26. The SMILES string of the molecule is CC1CCC(OC(=O)[C@@H]2C[C@@H](O)CN2)CC1. The van der Waals surface area contributed by atoms with E-state index in [1.807, 2.05) is 0 Å². The van der Waals surface area contributed by atoms with Gasteiger partial charge in [0.25, 0.3) is 0 Å². The lowest BCUT2D eigenvalue weighted by atomic mass is 9.89. The molecule has 1 aliphatic heterocycles. The number of hydrogen-bond acceptors (Lipinski definition) is 4. The standard InChI is InChI=1S/C12H21NO3/c1-8-2-4-10(5-3-8)16-12(15)11-6-9(14)7-13-11/h8-11,13-14H,2-7H2,1H3/t8?,9-,10?,11+/m1/s1. The van der Waals surface area contributed by atoms with Crippen LogP contribution >= 0.6 is 0 Å². The fourth-order valence-corrected chi connectivity index (χ4v) is 2.49. The molecule has 2 N–H and O–H groups in total. The molecular weight excluding hydrogens is 206 g/mol. The predicted molar refractivity (Wildman–Crippen MR) is 59.9 cm³/mol. The van der Waals surface area contributed by atoms with Gasteiger partial charge in [0.1, 0.15) is 12.1 Å². The number of β-amino-alcohol motifs (C(OH)–C–C–N with tert-alkyl or cyclic N) is 1. The summed E-state index contributed by atoms with van der Waals surface area (Å²) in [4.78, 5) is 11.7. The van der Waals surface area contributed by atoms with E-state index < -0.39 is 6.10 Å². The maximum atomic E-state index is 11.7. The molecule has 92 valence electrons. The van der Waals surface area contributed by atoms with E-state index in [0.29, 0.717) is 13.0 Å². The summed E-state index contributed by atoms with van der Waals surface area (Å²) in [5.74, 6) is 0.581. The second kappa shape index (κ2) is 5.15. The summed E-state index contributed by atoms with van der Waals surface area (Å²) >= 11 is 0. The minimum Gasteiger partial charge on any atom is -0.461 e. The van der Waals surface area contributed by atoms with E-state index in [4.69, 9.17) is 4.74 Å². The summed E-state index contributed by atoms with van der Waals surface area (Å²) in [6.45, 7) is 2.74. The van der Waals surface area contributed by atoms with E-state index in [0.717, 1.165) is 31.6 Å². The largest absolute Gasteiger partial charge is 0.461 e. The van der Waals surface area contributed by atoms with Crippen molar-refractivity contribution in [1.29, 1.82) is 0 Å². The van der Waals surface area contributed by atoms with Gasteiger partial charge in [0.05, 0.1) is 6.10 Å². The third kappa shape index (κ3) is 2.95. The second-order valence-electron chi connectivity index (χ2n) is 5.17. The normalized spacial score (nSPS) is 39.6. The molecule has 2 fully saturated rings. The van der Waals surface area contributed by atoms with Crippen LogP contribution in [-0.4, -0.2) is 35.9 Å². The monoisotopic (exact) mass is 227 g/mol. The van der Waals surface area contributed by atoms with Crippen LogP contribution in [0.1, 0.15) is 39.0 Å². The van der Waals surface area contributed by atoms with E-state index in [9.17, 15) is 9.90 Å². The van der Waals surface area contributed by atoms with E-state index in [1.165, 1.54) is 0 Å². The molecule has 1 saturated carbocycles. The zero-order valence-corrected chi connectivity index (χ0v) is 9.82. The molecule has 0 aromatic carbocycles. The number of carbonyl (C=O) groups is 1. The molecule has 0 radical (unpaired) electrons. The Morgan fingerprint density at radius 1 is 1.31 bits per heavy atom. The molecule has 0 spiro atoms. The number of hydrogen-bond donors (Lipinski definition) is 2. The van der Waals surface area contributed by atoms with Gasteiger partial charge in [-0.3, -0.25) is 4.79 Å². The highest BCUT2D eigenvalue weighted by molar-refractivity contribution is 5.76. The molecule has 2 atom stereocenters. The highest BCUT2D eigenvalue weighted by Crippen LogP contribution is 2.26. The molecule has 0 aromatic heterocycles. The second-order valence-corrected chi connectivity index (χ2v) is 5.17. The van der Waals surface area contributed by atoms with Crippen LogP contribution in [0.3, 0.4) is 0 Å². The molecule has 1 saturated heterocycles. The van der Waals surface area contributed by atoms with Gasteiger partial charge in [-0.15, -0.1) is 0 Å². The third-order valence-electron chi connectivity index (χ3n) is 3.64. The number of rotatable bonds is 2. The van der Waals surface area contributed by atoms with E-state index in [1.54, 1.807) is 0 Å². The smallest absolute Gasteiger partial charge is 0.323 e. The zero-order valence-electron chi connectivity index (χ0n) is 9.82. The Kier molecular flexibility index (Phi) is 3.82. The van der Waals surface area contributed by atoms with Crippen LogP contribution in [0.15, 0.2) is 0 Å². The molecule has 1 aliphatic carbocycles. The summed E-state index contributed by atoms with van der Waals surface area (Å²) in [5.41, 5.74) is 0. The highest BCUT2D eigenvalue weighted by atomic mass is 16.5. The quantitative estimate of drug-likeness (QED) is 0.686. The van der Waals surface area contributed by atoms with Crippen molar-refractivity contribution < 1.29 is 14.6 Å². The van der Waals surface area contributed by atoms with Crippen molar-refractivity contribution in [3.8, 4) is 0 Å². The molecule has 4 heteroatoms. The van der Waals surface area contributed by atoms with E-state index in [-0.39, 0.29) is 18.1 Å². The summed E-state index contributed by atoms with van der Waals surface area (Å²) in [5, 5.41) is 12.3. The van der Waals surface area contributed by atoms with Gasteiger partial charge in [-0.2, -0.15) is 0 Å². The summed E-state index contributed by atoms with van der Waals surface area (Å²) in [6.07, 6.45) is 4.47. The van der Waals surface area contributed by atoms with Gasteiger partial charge in [-0.25, -0.2) is 0 Å². The first-order valence-corrected chi connectivity index (χ1v) is 6.27. The summed E-state index contributed by atoms with van der Waals surface area (Å²) in [6, 6.07) is -0.297. The number of carbonyl (C=O) groups excluding carboxylic acids is 1. The summed E-state index contributed by atoms with van der Waals surface area (Å²) < 4.78 is 5.46. The van der Waals surface area contributed by atoms with Gasteiger partial charge in [-0.1, -0.05) is 6.92 Å². The molecule has 2 rings (SSSR count). The van der Waals surface area contributed by atoms with Crippen molar-refractivity contribution in [2.24, 2.45) is 5.92 Å². The Labute approximate surface area is 96.4 Å². The highest BCUT2D eigenvalue weighted by Gasteiger charge is 2.31. The maximum Gasteiger partial charge on any atom is 0.323 e. The minimum absolute atomic E-state index is 0.100. The lowest BCUT2D eigenvalue weighted by molar-refractivity contribution is -0.153. The van der Waals surface area contributed by atoms with E-state index >= 15 is 0 Å². The Morgan fingerprint density at radius 2 is 2.00 bits per heavy atom. The van der Waals surface area contributed by atoms with Gasteiger partial charge < -0.3 is 15.2 Å². The van der Waals surface area contributed by atoms with Crippen LogP contribution in [0, 0.1) is 5.92 Å². The Hall–Kier alpha value is -0.610. The summed E-state index contributed by atoms with van der Waals surface area (Å²) in [7, 11) is 0. The van der Waals surface area contributed by atoms with Crippen LogP contribution in [0.25, 0.3) is 0 Å². The van der Waals surface area contributed by atoms with Gasteiger partial charge in [0.15, 0.2) is 0 Å². The minimum atomic E-state index is -0.399. The van der Waals surface area contributed by atoms with Crippen LogP contribution in [-0.2, 0) is 9.53 Å². The maximum absolute atomic E-state index is 11.7. The predicted octanol–water partition coefficient (Wildman–Crippen LogP) is 0.831. The van der Waals surface area contributed by atoms with E-state index in [2.05, 4.69) is 12.2 Å².